The van der Waals surface area contributed by atoms with Crippen LogP contribution >= 0.6 is 15.9 Å². The number of alkyl halides is 3. The van der Waals surface area contributed by atoms with Gasteiger partial charge in [0.15, 0.2) is 10.4 Å². The summed E-state index contributed by atoms with van der Waals surface area (Å²) in [7, 11) is 3.98. The predicted octanol–water partition coefficient (Wildman–Crippen LogP) is 4.30. The molecule has 34 heavy (non-hydrogen) atoms. The van der Waals surface area contributed by atoms with Crippen LogP contribution in [0.1, 0.15) is 47.5 Å². The van der Waals surface area contributed by atoms with Gasteiger partial charge in [0.05, 0.1) is 0 Å². The van der Waals surface area contributed by atoms with Crippen molar-refractivity contribution in [2.75, 3.05) is 24.3 Å². The fourth-order valence-corrected chi connectivity index (χ4v) is 3.68. The highest BCUT2D eigenvalue weighted by molar-refractivity contribution is 9.10. The molecule has 0 radical (unpaired) electrons. The summed E-state index contributed by atoms with van der Waals surface area (Å²) in [6.45, 7) is 4.05. The van der Waals surface area contributed by atoms with Gasteiger partial charge in [-0.25, -0.2) is 9.78 Å². The van der Waals surface area contributed by atoms with Crippen molar-refractivity contribution in [2.24, 2.45) is 0 Å². The third kappa shape index (κ3) is 7.89. The second-order valence-corrected chi connectivity index (χ2v) is 8.83. The molecule has 0 unspecified atom stereocenters. The van der Waals surface area contributed by atoms with E-state index in [1.165, 1.54) is 0 Å². The highest BCUT2D eigenvalue weighted by Gasteiger charge is 2.38. The van der Waals surface area contributed by atoms with E-state index in [1.54, 1.807) is 12.1 Å². The summed E-state index contributed by atoms with van der Waals surface area (Å²) in [5.41, 5.74) is 2.09. The van der Waals surface area contributed by atoms with Gasteiger partial charge >= 0.3 is 12.1 Å². The van der Waals surface area contributed by atoms with E-state index in [4.69, 9.17) is 14.3 Å². The number of carboxylic acids is 1. The largest absolute Gasteiger partial charge is 0.490 e. The zero-order valence-corrected chi connectivity index (χ0v) is 20.7. The first-order valence-corrected chi connectivity index (χ1v) is 11.2. The molecule has 1 aliphatic rings. The average Bonchev–Trinajstić information content (AvgIpc) is 3.18. The Labute approximate surface area is 203 Å². The third-order valence-electron chi connectivity index (χ3n) is 5.22. The molecule has 3 N–H and O–H groups in total. The van der Waals surface area contributed by atoms with Gasteiger partial charge in [-0.2, -0.15) is 18.2 Å². The number of hydrogen-bond donors (Lipinski definition) is 3. The van der Waals surface area contributed by atoms with Crippen molar-refractivity contribution in [3.63, 3.8) is 0 Å². The maximum absolute atomic E-state index is 12.2. The van der Waals surface area contributed by atoms with Crippen LogP contribution in [0, 0.1) is 13.8 Å². The smallest absolute Gasteiger partial charge is 0.475 e. The van der Waals surface area contributed by atoms with Gasteiger partial charge in [-0.05, 0) is 67.6 Å². The first-order valence-electron chi connectivity index (χ1n) is 10.4. The van der Waals surface area contributed by atoms with E-state index in [0.29, 0.717) is 22.4 Å². The van der Waals surface area contributed by atoms with Gasteiger partial charge in [-0.3, -0.25) is 4.79 Å². The molecule has 188 valence electrons. The van der Waals surface area contributed by atoms with Crippen molar-refractivity contribution in [2.45, 2.75) is 57.8 Å². The number of carbonyl (C=O) groups is 2. The number of amides is 1. The van der Waals surface area contributed by atoms with Crippen LogP contribution in [-0.4, -0.2) is 59.3 Å². The van der Waals surface area contributed by atoms with E-state index < -0.39 is 12.1 Å². The van der Waals surface area contributed by atoms with Gasteiger partial charge in [0.1, 0.15) is 5.82 Å². The van der Waals surface area contributed by atoms with Gasteiger partial charge < -0.3 is 25.1 Å². The van der Waals surface area contributed by atoms with Crippen molar-refractivity contribution in [3.8, 4) is 0 Å². The number of furan rings is 1. The lowest BCUT2D eigenvalue weighted by Gasteiger charge is -2.29. The number of nitrogens with zero attached hydrogens (tertiary/aromatic N) is 3. The maximum atomic E-state index is 12.2. The Morgan fingerprint density at radius 2 is 1.68 bits per heavy atom. The number of aromatic nitrogens is 2. The lowest BCUT2D eigenvalue weighted by Crippen LogP contribution is -2.40. The zero-order valence-electron chi connectivity index (χ0n) is 19.2. The summed E-state index contributed by atoms with van der Waals surface area (Å²) in [5, 5.41) is 13.6. The monoisotopic (exact) mass is 549 g/mol. The Morgan fingerprint density at radius 1 is 1.12 bits per heavy atom. The third-order valence-corrected chi connectivity index (χ3v) is 5.65. The highest BCUT2D eigenvalue weighted by Crippen LogP contribution is 2.24. The summed E-state index contributed by atoms with van der Waals surface area (Å²) >= 11 is 3.22. The SMILES string of the molecule is Cc1nc(N[C@H]2CC[C@@H](NC(=O)c3ccc(Br)o3)CC2)nc(N(C)C)c1C.O=C(O)C(F)(F)F. The summed E-state index contributed by atoms with van der Waals surface area (Å²) < 4.78 is 37.6. The summed E-state index contributed by atoms with van der Waals surface area (Å²) in [6, 6.07) is 3.87. The van der Waals surface area contributed by atoms with Crippen molar-refractivity contribution < 1.29 is 32.3 Å². The van der Waals surface area contributed by atoms with E-state index in [2.05, 4.69) is 36.5 Å². The molecule has 1 saturated carbocycles. The molecule has 2 aromatic heterocycles. The van der Waals surface area contributed by atoms with Crippen molar-refractivity contribution in [1.29, 1.82) is 0 Å². The topological polar surface area (TPSA) is 121 Å². The molecular weight excluding hydrogens is 523 g/mol. The standard InChI is InChI=1S/C19H26BrN5O2.C2HF3O2/c1-11-12(2)21-19(24-17(11)25(3)4)23-14-7-5-13(6-8-14)22-18(26)15-9-10-16(20)27-15;3-2(4,5)1(6)7/h9-10,13-14H,5-8H2,1-4H3,(H,22,26)(H,21,23,24);(H,6,7)/t13-,14+;. The Hall–Kier alpha value is -2.83. The number of aliphatic carboxylic acids is 1. The summed E-state index contributed by atoms with van der Waals surface area (Å²) in [5.74, 6) is -0.968. The molecule has 1 fully saturated rings. The molecule has 1 amide bonds. The minimum atomic E-state index is -5.08. The molecule has 1 aliphatic carbocycles. The quantitative estimate of drug-likeness (QED) is 0.504. The summed E-state index contributed by atoms with van der Waals surface area (Å²) in [4.78, 5) is 32.3. The minimum absolute atomic E-state index is 0.162. The summed E-state index contributed by atoms with van der Waals surface area (Å²) in [6.07, 6.45) is -1.34. The van der Waals surface area contributed by atoms with Gasteiger partial charge in [-0.15, -0.1) is 0 Å². The Bertz CT molecular complexity index is 1000. The molecule has 13 heteroatoms. The number of aryl methyl sites for hydroxylation is 1. The Morgan fingerprint density at radius 3 is 2.15 bits per heavy atom. The number of rotatable bonds is 5. The Kier molecular flexibility index (Phi) is 9.30. The number of hydrogen-bond acceptors (Lipinski definition) is 7. The number of carbonyl (C=O) groups excluding carboxylic acids is 1. The van der Waals surface area contributed by atoms with E-state index in [-0.39, 0.29) is 11.9 Å². The molecule has 2 aromatic rings. The van der Waals surface area contributed by atoms with E-state index in [1.807, 2.05) is 32.8 Å². The highest BCUT2D eigenvalue weighted by atomic mass is 79.9. The second-order valence-electron chi connectivity index (χ2n) is 8.05. The molecule has 9 nitrogen and oxygen atoms in total. The molecule has 0 spiro atoms. The van der Waals surface area contributed by atoms with Crippen molar-refractivity contribution >= 4 is 39.6 Å². The van der Waals surface area contributed by atoms with E-state index in [0.717, 1.165) is 42.8 Å². The number of carboxylic acid groups (broad SMARTS) is 1. The second kappa shape index (κ2) is 11.5. The van der Waals surface area contributed by atoms with Crippen LogP contribution in [-0.2, 0) is 4.79 Å². The predicted molar refractivity (Wildman–Crippen MR) is 123 cm³/mol. The zero-order chi connectivity index (χ0) is 25.6. The van der Waals surface area contributed by atoms with Gasteiger partial charge in [0.25, 0.3) is 5.91 Å². The number of halogens is 4. The van der Waals surface area contributed by atoms with Crippen LogP contribution in [0.4, 0.5) is 24.9 Å². The fraction of sp³-hybridized carbons (Fsp3) is 0.524. The average molecular weight is 550 g/mol. The molecule has 3 rings (SSSR count). The van der Waals surface area contributed by atoms with Crippen LogP contribution in [0.25, 0.3) is 0 Å². The minimum Gasteiger partial charge on any atom is -0.475 e. The van der Waals surface area contributed by atoms with Gasteiger partial charge in [0, 0.05) is 37.4 Å². The van der Waals surface area contributed by atoms with Crippen LogP contribution in [0.15, 0.2) is 21.2 Å². The van der Waals surface area contributed by atoms with Gasteiger partial charge in [-0.1, -0.05) is 0 Å². The lowest BCUT2D eigenvalue weighted by molar-refractivity contribution is -0.192. The van der Waals surface area contributed by atoms with E-state index in [9.17, 15) is 18.0 Å². The van der Waals surface area contributed by atoms with Gasteiger partial charge in [0.2, 0.25) is 5.95 Å². The fourth-order valence-electron chi connectivity index (χ4n) is 3.37. The molecule has 0 saturated heterocycles. The molecule has 0 bridgehead atoms. The molecule has 0 aliphatic heterocycles. The molecule has 0 aromatic carbocycles. The Balaban J connectivity index is 0.000000509. The van der Waals surface area contributed by atoms with E-state index >= 15 is 0 Å². The van der Waals surface area contributed by atoms with Crippen molar-refractivity contribution in [1.82, 2.24) is 15.3 Å². The number of nitrogens with one attached hydrogen (secondary N) is 2. The maximum Gasteiger partial charge on any atom is 0.490 e. The lowest BCUT2D eigenvalue weighted by atomic mass is 9.91. The number of anilines is 2. The molecule has 2 heterocycles. The molecule has 0 atom stereocenters. The van der Waals surface area contributed by atoms with Crippen LogP contribution in [0.5, 0.6) is 0 Å². The van der Waals surface area contributed by atoms with Crippen molar-refractivity contribution in [3.05, 3.63) is 33.8 Å². The van der Waals surface area contributed by atoms with Crippen LogP contribution in [0.3, 0.4) is 0 Å². The van der Waals surface area contributed by atoms with Crippen LogP contribution in [0.2, 0.25) is 0 Å². The first kappa shape index (κ1) is 27.4. The molecular formula is C21H27BrF3N5O4. The normalized spacial score (nSPS) is 17.9. The first-order chi connectivity index (χ1) is 15.8. The van der Waals surface area contributed by atoms with Crippen LogP contribution < -0.4 is 15.5 Å².